The van der Waals surface area contributed by atoms with Crippen LogP contribution < -0.4 is 5.32 Å². The molecule has 36 heavy (non-hydrogen) atoms. The van der Waals surface area contributed by atoms with Crippen LogP contribution in [0.25, 0.3) is 0 Å². The molecule has 3 rings (SSSR count). The molecule has 0 saturated carbocycles. The molecule has 1 atom stereocenters. The van der Waals surface area contributed by atoms with Gasteiger partial charge in [0.25, 0.3) is 0 Å². The Hall–Kier alpha value is -1.99. The van der Waals surface area contributed by atoms with Gasteiger partial charge in [0.2, 0.25) is 11.8 Å². The van der Waals surface area contributed by atoms with Gasteiger partial charge in [-0.15, -0.1) is 11.8 Å². The zero-order chi connectivity index (χ0) is 26.1. The highest BCUT2D eigenvalue weighted by Gasteiger charge is 2.30. The number of nitrogens with one attached hydrogen (secondary N) is 1. The maximum absolute atomic E-state index is 13.6. The minimum absolute atomic E-state index is 0.0417. The first kappa shape index (κ1) is 28.6. The quantitative estimate of drug-likeness (QED) is 0.252. The molecule has 4 nitrogen and oxygen atoms in total. The van der Waals surface area contributed by atoms with Crippen LogP contribution in [0, 0.1) is 0 Å². The highest BCUT2D eigenvalue weighted by atomic mass is 79.9. The number of amides is 2. The summed E-state index contributed by atoms with van der Waals surface area (Å²) in [6.45, 7) is 4.16. The van der Waals surface area contributed by atoms with E-state index in [1.165, 1.54) is 11.8 Å². The minimum Gasteiger partial charge on any atom is -0.352 e. The van der Waals surface area contributed by atoms with E-state index in [2.05, 4.69) is 21.2 Å². The third kappa shape index (κ3) is 8.84. The predicted octanol–water partition coefficient (Wildman–Crippen LogP) is 7.15. The first-order chi connectivity index (χ1) is 17.2. The SMILES string of the molecule is CC(C)NC(=O)[C@H](Cc1ccccc1)N(Cc1cccc(Br)c1)C(=O)CSCc1ccc(Cl)cc1Cl. The van der Waals surface area contributed by atoms with Crippen LogP contribution in [0.1, 0.15) is 30.5 Å². The lowest BCUT2D eigenvalue weighted by molar-refractivity contribution is -0.139. The van der Waals surface area contributed by atoms with Gasteiger partial charge in [-0.25, -0.2) is 0 Å². The van der Waals surface area contributed by atoms with Crippen LogP contribution in [-0.2, 0) is 28.3 Å². The largest absolute Gasteiger partial charge is 0.352 e. The zero-order valence-electron chi connectivity index (χ0n) is 20.2. The second-order valence-corrected chi connectivity index (χ2v) is 11.5. The van der Waals surface area contributed by atoms with Crippen LogP contribution in [0.5, 0.6) is 0 Å². The molecule has 0 spiro atoms. The monoisotopic (exact) mass is 606 g/mol. The van der Waals surface area contributed by atoms with E-state index in [-0.39, 0.29) is 23.6 Å². The van der Waals surface area contributed by atoms with Crippen LogP contribution in [0.3, 0.4) is 0 Å². The van der Waals surface area contributed by atoms with Crippen molar-refractivity contribution in [3.63, 3.8) is 0 Å². The summed E-state index contributed by atoms with van der Waals surface area (Å²) in [4.78, 5) is 28.7. The molecule has 2 amide bonds. The van der Waals surface area contributed by atoms with Gasteiger partial charge < -0.3 is 10.2 Å². The Morgan fingerprint density at radius 3 is 2.36 bits per heavy atom. The summed E-state index contributed by atoms with van der Waals surface area (Å²) in [5.74, 6) is 0.508. The average Bonchev–Trinajstić information content (AvgIpc) is 2.83. The molecule has 0 bridgehead atoms. The molecular formula is C28H29BrCl2N2O2S. The molecule has 1 N–H and O–H groups in total. The van der Waals surface area contributed by atoms with Crippen LogP contribution in [0.2, 0.25) is 10.0 Å². The Bertz CT molecular complexity index is 1180. The topological polar surface area (TPSA) is 49.4 Å². The Morgan fingerprint density at radius 2 is 1.69 bits per heavy atom. The van der Waals surface area contributed by atoms with Gasteiger partial charge in [0.05, 0.1) is 5.75 Å². The Kier molecular flexibility index (Phi) is 11.2. The van der Waals surface area contributed by atoms with E-state index < -0.39 is 6.04 Å². The van der Waals surface area contributed by atoms with Crippen molar-refractivity contribution in [3.05, 3.63) is 104 Å². The second kappa shape index (κ2) is 14.1. The van der Waals surface area contributed by atoms with Crippen molar-refractivity contribution >= 4 is 62.7 Å². The number of nitrogens with zero attached hydrogens (tertiary/aromatic N) is 1. The minimum atomic E-state index is -0.652. The Labute approximate surface area is 235 Å². The fourth-order valence-corrected chi connectivity index (χ4v) is 5.65. The molecule has 0 heterocycles. The van der Waals surface area contributed by atoms with E-state index in [9.17, 15) is 9.59 Å². The third-order valence-corrected chi connectivity index (χ3v) is 7.49. The maximum Gasteiger partial charge on any atom is 0.243 e. The number of hydrogen-bond acceptors (Lipinski definition) is 3. The fraction of sp³-hybridized carbons (Fsp3) is 0.286. The van der Waals surface area contributed by atoms with Crippen LogP contribution in [-0.4, -0.2) is 34.6 Å². The summed E-state index contributed by atoms with van der Waals surface area (Å²) < 4.78 is 0.922. The van der Waals surface area contributed by atoms with E-state index >= 15 is 0 Å². The van der Waals surface area contributed by atoms with Crippen molar-refractivity contribution < 1.29 is 9.59 Å². The summed E-state index contributed by atoms with van der Waals surface area (Å²) in [5.41, 5.74) is 2.85. The third-order valence-electron chi connectivity index (χ3n) is 5.44. The molecule has 0 radical (unpaired) electrons. The molecule has 0 aromatic heterocycles. The molecular weight excluding hydrogens is 579 g/mol. The van der Waals surface area contributed by atoms with E-state index in [4.69, 9.17) is 23.2 Å². The van der Waals surface area contributed by atoms with Gasteiger partial charge in [-0.3, -0.25) is 9.59 Å². The summed E-state index contributed by atoms with van der Waals surface area (Å²) in [5, 5.41) is 4.16. The highest BCUT2D eigenvalue weighted by molar-refractivity contribution is 9.10. The van der Waals surface area contributed by atoms with Gasteiger partial charge in [0.1, 0.15) is 6.04 Å². The molecule has 0 aliphatic heterocycles. The number of rotatable bonds is 11. The molecule has 0 aliphatic rings. The van der Waals surface area contributed by atoms with E-state index in [0.29, 0.717) is 28.8 Å². The van der Waals surface area contributed by atoms with Gasteiger partial charge in [-0.05, 0) is 54.8 Å². The van der Waals surface area contributed by atoms with Crippen molar-refractivity contribution in [2.75, 3.05) is 5.75 Å². The van der Waals surface area contributed by atoms with E-state index in [0.717, 1.165) is 21.2 Å². The van der Waals surface area contributed by atoms with Gasteiger partial charge in [-0.2, -0.15) is 0 Å². The highest BCUT2D eigenvalue weighted by Crippen LogP contribution is 2.25. The van der Waals surface area contributed by atoms with Crippen molar-refractivity contribution in [2.24, 2.45) is 0 Å². The Balaban J connectivity index is 1.85. The van der Waals surface area contributed by atoms with Gasteiger partial charge in [-0.1, -0.05) is 87.7 Å². The summed E-state index contributed by atoms with van der Waals surface area (Å²) in [6, 6.07) is 22.3. The van der Waals surface area contributed by atoms with Crippen LogP contribution in [0.4, 0.5) is 0 Å². The van der Waals surface area contributed by atoms with Gasteiger partial charge >= 0.3 is 0 Å². The van der Waals surface area contributed by atoms with Crippen molar-refractivity contribution in [3.8, 4) is 0 Å². The fourth-order valence-electron chi connectivity index (χ4n) is 3.74. The number of carbonyl (C=O) groups excluding carboxylic acids is 2. The molecule has 0 unspecified atom stereocenters. The van der Waals surface area contributed by atoms with E-state index in [1.807, 2.05) is 74.5 Å². The first-order valence-corrected chi connectivity index (χ1v) is 14.3. The standard InChI is InChI=1S/C28H29BrCl2N2O2S/c1-19(2)32-28(35)26(14-20-7-4-3-5-8-20)33(16-21-9-6-10-23(29)13-21)27(34)18-36-17-22-11-12-24(30)15-25(22)31/h3-13,15,19,26H,14,16-18H2,1-2H3,(H,32,35)/t26-/m0/s1. The normalized spacial score (nSPS) is 11.8. The number of hydrogen-bond donors (Lipinski definition) is 1. The molecule has 190 valence electrons. The number of halogens is 3. The number of thioether (sulfide) groups is 1. The molecule has 0 aliphatic carbocycles. The molecule has 0 saturated heterocycles. The first-order valence-electron chi connectivity index (χ1n) is 11.6. The molecule has 0 fully saturated rings. The lowest BCUT2D eigenvalue weighted by Crippen LogP contribution is -2.52. The number of carbonyl (C=O) groups is 2. The average molecular weight is 608 g/mol. The molecule has 3 aromatic rings. The van der Waals surface area contributed by atoms with Crippen molar-refractivity contribution in [1.29, 1.82) is 0 Å². The summed E-state index contributed by atoms with van der Waals surface area (Å²) in [7, 11) is 0. The van der Waals surface area contributed by atoms with Crippen LogP contribution in [0.15, 0.2) is 77.3 Å². The Morgan fingerprint density at radius 1 is 0.972 bits per heavy atom. The lowest BCUT2D eigenvalue weighted by Gasteiger charge is -2.32. The number of benzene rings is 3. The summed E-state index contributed by atoms with van der Waals surface area (Å²) >= 11 is 17.3. The smallest absolute Gasteiger partial charge is 0.243 e. The maximum atomic E-state index is 13.6. The van der Waals surface area contributed by atoms with Crippen molar-refractivity contribution in [1.82, 2.24) is 10.2 Å². The second-order valence-electron chi connectivity index (χ2n) is 8.75. The lowest BCUT2D eigenvalue weighted by atomic mass is 10.0. The molecule has 3 aromatic carbocycles. The van der Waals surface area contributed by atoms with Gasteiger partial charge in [0, 0.05) is 39.3 Å². The van der Waals surface area contributed by atoms with Crippen LogP contribution >= 0.6 is 50.9 Å². The zero-order valence-corrected chi connectivity index (χ0v) is 24.1. The van der Waals surface area contributed by atoms with Gasteiger partial charge in [0.15, 0.2) is 0 Å². The van der Waals surface area contributed by atoms with Crippen molar-refractivity contribution in [2.45, 2.75) is 44.6 Å². The predicted molar refractivity (Wildman–Crippen MR) is 155 cm³/mol. The van der Waals surface area contributed by atoms with E-state index in [1.54, 1.807) is 17.0 Å². The molecule has 8 heteroatoms. The summed E-state index contributed by atoms with van der Waals surface area (Å²) in [6.07, 6.45) is 0.423.